The number of nitrogens with two attached hydrogens (primary N) is 2. The van der Waals surface area contributed by atoms with Gasteiger partial charge in [0.05, 0.1) is 34.0 Å². The number of carbonyl (C=O) groups is 2. The summed E-state index contributed by atoms with van der Waals surface area (Å²) in [7, 11) is 0. The number of fused-ring (bicyclic) bond motifs is 6. The standard InChI is InChI=1S/C76H92N4O4/c1-69(2,3)45-33-41(34-46(65(45)81)70(4,5)6)61-53-25-27-55(77-53)62(42-35-47(71(7,8)9)66(82)48(36-42)72(10,11)12)57-29-31-59(79-57)64(44-39-51(75(19,20)21)68(84)52(40-44)76(22,23)24)60-32-30-58(80-60)63(56-28-26-54(61)78-56)43-37-49(73(13,14)15)67(83)50(38-43)74(16,17)18/h25-40,77-78,82-83H,1-24H3/p+2. The van der Waals surface area contributed by atoms with E-state index in [2.05, 4.69) is 274 Å². The molecule has 0 atom stereocenters. The molecule has 0 amide bonds. The third-order valence-corrected chi connectivity index (χ3v) is 17.0. The molecular formula is C76H94N4O4+2. The Morgan fingerprint density at radius 3 is 0.833 bits per heavy atom. The largest absolute Gasteiger partial charge is 0.507 e. The SMILES string of the molecule is CC(C)(C)C1=CC(=C2C3=CC=C([NH2+]3)C(c3cc(C(C)(C)C)c(O)c(C(C)(C)C)c3)=C3C=CC(=N3)C(=C3C=C(C(C)(C)C)C(=O)C(C(C)(C)C)=C3)C3=NC(=C(c4cc(C(C)(C)C)c(O)c(C(C)(C)C)c4)C4=CC=C2[NH2+]4)C=C3)C=C(C(C)(C)C)C1=O. The Morgan fingerprint density at radius 2 is 0.583 bits per heavy atom. The van der Waals surface area contributed by atoms with Crippen LogP contribution in [0.1, 0.15) is 200 Å². The average molecular weight is 1130 g/mol. The van der Waals surface area contributed by atoms with E-state index in [0.29, 0.717) is 22.9 Å². The second kappa shape index (κ2) is 20.3. The number of benzene rings is 2. The second-order valence-electron chi connectivity index (χ2n) is 32.3. The third kappa shape index (κ3) is 11.5. The average Bonchev–Trinajstić information content (AvgIpc) is 1.75. The highest BCUT2D eigenvalue weighted by atomic mass is 16.3. The predicted molar refractivity (Wildman–Crippen MR) is 348 cm³/mol. The van der Waals surface area contributed by atoms with Gasteiger partial charge in [-0.3, -0.25) is 20.2 Å². The number of hydrogen-bond donors (Lipinski definition) is 4. The monoisotopic (exact) mass is 1130 g/mol. The van der Waals surface area contributed by atoms with Gasteiger partial charge in [0.25, 0.3) is 0 Å². The van der Waals surface area contributed by atoms with E-state index in [9.17, 15) is 19.8 Å². The zero-order valence-electron chi connectivity index (χ0n) is 55.0. The maximum atomic E-state index is 14.7. The first-order valence-electron chi connectivity index (χ1n) is 30.2. The van der Waals surface area contributed by atoms with Gasteiger partial charge in [-0.1, -0.05) is 166 Å². The number of hydrogen-bond acceptors (Lipinski definition) is 6. The number of ketones is 2. The van der Waals surface area contributed by atoms with Gasteiger partial charge in [0, 0.05) is 74.4 Å². The van der Waals surface area contributed by atoms with Gasteiger partial charge in [-0.05, 0) is 138 Å². The number of phenolic OH excluding ortho intramolecular Hbond substituents is 2. The van der Waals surface area contributed by atoms with Crippen molar-refractivity contribution in [3.63, 3.8) is 0 Å². The van der Waals surface area contributed by atoms with Crippen LogP contribution in [-0.2, 0) is 31.2 Å². The van der Waals surface area contributed by atoms with Crippen molar-refractivity contribution in [2.75, 3.05) is 0 Å². The molecule has 8 bridgehead atoms. The van der Waals surface area contributed by atoms with Crippen molar-refractivity contribution in [1.29, 1.82) is 0 Å². The maximum Gasteiger partial charge on any atom is 0.186 e. The molecule has 84 heavy (non-hydrogen) atoms. The fourth-order valence-electron chi connectivity index (χ4n) is 12.3. The smallest absolute Gasteiger partial charge is 0.186 e. The Balaban J connectivity index is 1.46. The van der Waals surface area contributed by atoms with Crippen LogP contribution in [0.3, 0.4) is 0 Å². The minimum Gasteiger partial charge on any atom is -0.507 e. The molecule has 0 saturated carbocycles. The Hall–Kier alpha value is -7.00. The zero-order valence-corrected chi connectivity index (χ0v) is 55.0. The van der Waals surface area contributed by atoms with Crippen molar-refractivity contribution in [3.05, 3.63) is 209 Å². The summed E-state index contributed by atoms with van der Waals surface area (Å²) in [5, 5.41) is 29.0. The van der Waals surface area contributed by atoms with Crippen LogP contribution >= 0.6 is 0 Å². The lowest BCUT2D eigenvalue weighted by Crippen LogP contribution is -2.83. The van der Waals surface area contributed by atoms with Crippen molar-refractivity contribution in [2.45, 2.75) is 188 Å². The Bertz CT molecular complexity index is 3520. The van der Waals surface area contributed by atoms with E-state index >= 15 is 0 Å². The molecular weight excluding hydrogens is 1030 g/mol. The van der Waals surface area contributed by atoms with Gasteiger partial charge in [0.1, 0.15) is 39.9 Å². The summed E-state index contributed by atoms with van der Waals surface area (Å²) >= 11 is 0. The molecule has 0 fully saturated rings. The van der Waals surface area contributed by atoms with Crippen molar-refractivity contribution >= 4 is 34.1 Å². The lowest BCUT2D eigenvalue weighted by atomic mass is 9.71. The van der Waals surface area contributed by atoms with Gasteiger partial charge in [-0.15, -0.1) is 0 Å². The first-order valence-corrected chi connectivity index (χ1v) is 30.2. The first-order chi connectivity index (χ1) is 38.3. The molecule has 7 aliphatic rings. The second-order valence-corrected chi connectivity index (χ2v) is 32.3. The molecule has 9 rings (SSSR count). The van der Waals surface area contributed by atoms with Crippen molar-refractivity contribution in [3.8, 4) is 11.5 Å². The summed E-state index contributed by atoms with van der Waals surface area (Å²) in [5.74, 6) is 0.711. The van der Waals surface area contributed by atoms with Crippen LogP contribution in [0, 0.1) is 21.7 Å². The molecule has 8 nitrogen and oxygen atoms in total. The highest BCUT2D eigenvalue weighted by Crippen LogP contribution is 2.48. The molecule has 5 heterocycles. The molecule has 0 spiro atoms. The number of aliphatic imine (C=N–C) groups is 2. The number of nitrogens with zero attached hydrogens (tertiary/aromatic N) is 2. The van der Waals surface area contributed by atoms with E-state index in [-0.39, 0.29) is 11.6 Å². The summed E-state index contributed by atoms with van der Waals surface area (Å²) in [6.45, 7) is 51.1. The molecule has 0 aromatic heterocycles. The fourth-order valence-corrected chi connectivity index (χ4v) is 12.3. The van der Waals surface area contributed by atoms with E-state index in [1.54, 1.807) is 0 Å². The van der Waals surface area contributed by atoms with E-state index < -0.39 is 43.3 Å². The quantitative estimate of drug-likeness (QED) is 0.238. The minimum absolute atomic E-state index is 0.0443. The molecule has 0 unspecified atom stereocenters. The van der Waals surface area contributed by atoms with Crippen molar-refractivity contribution in [1.82, 2.24) is 0 Å². The number of phenols is 2. The lowest BCUT2D eigenvalue weighted by molar-refractivity contribution is -0.555. The third-order valence-electron chi connectivity index (χ3n) is 17.0. The Labute approximate surface area is 502 Å². The lowest BCUT2D eigenvalue weighted by Gasteiger charge is -2.32. The summed E-state index contributed by atoms with van der Waals surface area (Å²) in [6, 6.07) is 8.60. The minimum atomic E-state index is -0.480. The molecule has 6 N–H and O–H groups in total. The highest BCUT2D eigenvalue weighted by molar-refractivity contribution is 6.35. The summed E-state index contributed by atoms with van der Waals surface area (Å²) in [4.78, 5) is 40.9. The Morgan fingerprint density at radius 1 is 0.333 bits per heavy atom. The fraction of sp³-hybridized carbons (Fsp3) is 0.421. The van der Waals surface area contributed by atoms with E-state index in [4.69, 9.17) is 9.98 Å². The molecule has 2 aromatic rings. The van der Waals surface area contributed by atoms with Gasteiger partial charge in [-0.2, -0.15) is 0 Å². The first kappa shape index (κ1) is 61.6. The molecule has 8 heteroatoms. The van der Waals surface area contributed by atoms with Crippen LogP contribution in [0.2, 0.25) is 0 Å². The molecule has 440 valence electrons. The summed E-state index contributed by atoms with van der Waals surface area (Å²) < 4.78 is 0. The number of carbonyl (C=O) groups excluding carboxylic acids is 2. The van der Waals surface area contributed by atoms with Crippen LogP contribution in [0.25, 0.3) is 11.1 Å². The summed E-state index contributed by atoms with van der Waals surface area (Å²) in [5.41, 5.74) is 16.8. The van der Waals surface area contributed by atoms with Gasteiger partial charge < -0.3 is 10.2 Å². The molecule has 0 saturated heterocycles. The number of allylic oxidation sites excluding steroid dienone is 21. The van der Waals surface area contributed by atoms with E-state index in [0.717, 1.165) is 123 Å². The van der Waals surface area contributed by atoms with Crippen LogP contribution in [0.5, 0.6) is 11.5 Å². The van der Waals surface area contributed by atoms with E-state index in [1.807, 2.05) is 0 Å². The number of aromatic hydroxyl groups is 2. The normalized spacial score (nSPS) is 19.4. The summed E-state index contributed by atoms with van der Waals surface area (Å²) in [6.07, 6.45) is 25.6. The topological polar surface area (TPSA) is 133 Å². The van der Waals surface area contributed by atoms with Crippen LogP contribution in [-0.4, -0.2) is 33.2 Å². The molecule has 5 aliphatic heterocycles. The number of quaternary nitrogens is 2. The Kier molecular flexibility index (Phi) is 14.9. The van der Waals surface area contributed by atoms with Gasteiger partial charge in [0.15, 0.2) is 11.6 Å². The van der Waals surface area contributed by atoms with Gasteiger partial charge in [0.2, 0.25) is 0 Å². The number of rotatable bonds is 2. The van der Waals surface area contributed by atoms with Crippen LogP contribution < -0.4 is 10.6 Å². The highest BCUT2D eigenvalue weighted by Gasteiger charge is 2.42. The predicted octanol–water partition coefficient (Wildman–Crippen LogP) is 15.8. The van der Waals surface area contributed by atoms with Gasteiger partial charge in [-0.25, -0.2) is 9.98 Å². The van der Waals surface area contributed by atoms with Crippen LogP contribution in [0.4, 0.5) is 0 Å². The zero-order chi connectivity index (χ0) is 62.3. The van der Waals surface area contributed by atoms with Crippen molar-refractivity contribution < 1.29 is 30.4 Å². The molecule has 2 aliphatic carbocycles. The molecule has 0 radical (unpaired) electrons. The number of Topliss-reactive ketones (excluding diaryl/α,β-unsaturated/α-hetero) is 2. The maximum absolute atomic E-state index is 14.7. The van der Waals surface area contributed by atoms with E-state index in [1.165, 1.54) is 0 Å². The van der Waals surface area contributed by atoms with Crippen LogP contribution in [0.15, 0.2) is 186 Å². The van der Waals surface area contributed by atoms with Gasteiger partial charge >= 0.3 is 0 Å². The van der Waals surface area contributed by atoms with Crippen molar-refractivity contribution in [2.24, 2.45) is 31.6 Å². The molecule has 2 aromatic carbocycles.